The van der Waals surface area contributed by atoms with Crippen LogP contribution in [0.4, 0.5) is 0 Å². The van der Waals surface area contributed by atoms with E-state index in [1.807, 2.05) is 0 Å². The zero-order chi connectivity index (χ0) is 13.0. The molecule has 1 heterocycles. The van der Waals surface area contributed by atoms with Gasteiger partial charge in [-0.05, 0) is 75.4 Å². The third-order valence-electron chi connectivity index (χ3n) is 6.11. The van der Waals surface area contributed by atoms with E-state index in [2.05, 4.69) is 22.0 Å². The van der Waals surface area contributed by atoms with Crippen molar-refractivity contribution in [2.75, 3.05) is 19.9 Å². The van der Waals surface area contributed by atoms with E-state index in [0.717, 1.165) is 42.7 Å². The monoisotopic (exact) mass is 279 g/mol. The van der Waals surface area contributed by atoms with E-state index in [1.54, 1.807) is 0 Å². The van der Waals surface area contributed by atoms with Gasteiger partial charge in [0.15, 0.2) is 5.11 Å². The van der Waals surface area contributed by atoms with E-state index < -0.39 is 0 Å². The molecule has 0 aromatic heterocycles. The highest BCUT2D eigenvalue weighted by atomic mass is 32.1. The van der Waals surface area contributed by atoms with Gasteiger partial charge in [0.1, 0.15) is 0 Å². The Kier molecular flexibility index (Phi) is 2.82. The lowest BCUT2D eigenvalue weighted by Crippen LogP contribution is -2.67. The van der Waals surface area contributed by atoms with Crippen LogP contribution in [0.5, 0.6) is 0 Å². The van der Waals surface area contributed by atoms with Crippen LogP contribution in [0, 0.1) is 17.8 Å². The Morgan fingerprint density at radius 3 is 2.26 bits per heavy atom. The molecule has 4 saturated carbocycles. The quantitative estimate of drug-likeness (QED) is 0.782. The second-order valence-electron chi connectivity index (χ2n) is 7.32. The van der Waals surface area contributed by atoms with E-state index in [4.69, 9.17) is 12.2 Å². The molecule has 0 atom stereocenters. The molecule has 1 aliphatic heterocycles. The van der Waals surface area contributed by atoms with Crippen molar-refractivity contribution in [2.45, 2.75) is 51.0 Å². The van der Waals surface area contributed by atoms with E-state index in [-0.39, 0.29) is 0 Å². The first-order valence-corrected chi connectivity index (χ1v) is 8.37. The maximum Gasteiger partial charge on any atom is 0.170 e. The molecule has 5 aliphatic rings. The third kappa shape index (κ3) is 1.90. The summed E-state index contributed by atoms with van der Waals surface area (Å²) in [5, 5.41) is 4.39. The van der Waals surface area contributed by atoms with Crippen molar-refractivity contribution in [1.29, 1.82) is 0 Å². The van der Waals surface area contributed by atoms with Crippen LogP contribution < -0.4 is 5.32 Å². The predicted molar refractivity (Wildman–Crippen MR) is 80.6 cm³/mol. The molecule has 106 valence electrons. The van der Waals surface area contributed by atoms with Gasteiger partial charge in [0.05, 0.1) is 13.3 Å². The van der Waals surface area contributed by atoms with Gasteiger partial charge in [-0.3, -0.25) is 4.90 Å². The number of hydrogen-bond acceptors (Lipinski definition) is 2. The fraction of sp³-hybridized carbons (Fsp3) is 0.933. The van der Waals surface area contributed by atoms with E-state index >= 15 is 0 Å². The number of thiocarbonyl (C=S) groups is 1. The Hall–Kier alpha value is -0.350. The molecular formula is C15H25N3S. The van der Waals surface area contributed by atoms with Crippen LogP contribution in [-0.4, -0.2) is 40.3 Å². The van der Waals surface area contributed by atoms with Crippen molar-refractivity contribution in [3.63, 3.8) is 0 Å². The molecule has 0 radical (unpaired) electrons. The average Bonchev–Trinajstić information content (AvgIpc) is 2.37. The Bertz CT molecular complexity index is 360. The molecule has 0 unspecified atom stereocenters. The molecule has 4 bridgehead atoms. The summed E-state index contributed by atoms with van der Waals surface area (Å²) in [6.45, 7) is 5.25. The minimum Gasteiger partial charge on any atom is -0.350 e. The number of nitrogens with zero attached hydrogens (tertiary/aromatic N) is 2. The maximum absolute atomic E-state index is 5.41. The summed E-state index contributed by atoms with van der Waals surface area (Å²) in [7, 11) is 0. The normalized spacial score (nSPS) is 45.6. The lowest BCUT2D eigenvalue weighted by Gasteiger charge is -2.61. The molecule has 0 aromatic carbocycles. The maximum atomic E-state index is 5.41. The van der Waals surface area contributed by atoms with Crippen LogP contribution in [0.2, 0.25) is 0 Å². The van der Waals surface area contributed by atoms with Crippen molar-refractivity contribution >= 4 is 17.3 Å². The molecule has 1 saturated heterocycles. The summed E-state index contributed by atoms with van der Waals surface area (Å²) in [5.41, 5.74) is 0.505. The zero-order valence-electron chi connectivity index (χ0n) is 11.9. The number of hydrogen-bond donors (Lipinski definition) is 1. The van der Waals surface area contributed by atoms with Crippen LogP contribution in [0.1, 0.15) is 45.4 Å². The third-order valence-corrected chi connectivity index (χ3v) is 6.51. The molecular weight excluding hydrogens is 254 g/mol. The predicted octanol–water partition coefficient (Wildman–Crippen LogP) is 2.38. The van der Waals surface area contributed by atoms with Crippen molar-refractivity contribution in [3.05, 3.63) is 0 Å². The van der Waals surface area contributed by atoms with Crippen molar-refractivity contribution in [2.24, 2.45) is 17.8 Å². The molecule has 4 heteroatoms. The number of nitrogens with one attached hydrogen (secondary N) is 1. The van der Waals surface area contributed by atoms with Gasteiger partial charge in [-0.2, -0.15) is 0 Å². The molecule has 5 fully saturated rings. The average molecular weight is 279 g/mol. The summed E-state index contributed by atoms with van der Waals surface area (Å²) in [6, 6.07) is 0. The van der Waals surface area contributed by atoms with Crippen molar-refractivity contribution in [1.82, 2.24) is 15.1 Å². The molecule has 5 rings (SSSR count). The van der Waals surface area contributed by atoms with E-state index in [0.29, 0.717) is 5.54 Å². The Labute approximate surface area is 121 Å². The van der Waals surface area contributed by atoms with Crippen LogP contribution >= 0.6 is 12.2 Å². The SMILES string of the molecule is CCN1CN(C23CC4CC(CC(C4)C2)C3)CNC1=S. The lowest BCUT2D eigenvalue weighted by atomic mass is 9.52. The highest BCUT2D eigenvalue weighted by Crippen LogP contribution is 2.57. The Balaban J connectivity index is 1.56. The summed E-state index contributed by atoms with van der Waals surface area (Å²) < 4.78 is 0. The highest BCUT2D eigenvalue weighted by molar-refractivity contribution is 7.80. The molecule has 4 aliphatic carbocycles. The standard InChI is InChI=1S/C15H25N3S/c1-2-17-10-18(9-16-14(17)19)15-6-11-3-12(7-15)5-13(4-11)8-15/h11-13H,2-10H2,1H3,(H,16,19). The minimum absolute atomic E-state index is 0.505. The Morgan fingerprint density at radius 1 is 1.16 bits per heavy atom. The van der Waals surface area contributed by atoms with Crippen LogP contribution in [-0.2, 0) is 0 Å². The van der Waals surface area contributed by atoms with Crippen LogP contribution in [0.15, 0.2) is 0 Å². The fourth-order valence-corrected chi connectivity index (χ4v) is 5.86. The van der Waals surface area contributed by atoms with Gasteiger partial charge < -0.3 is 10.2 Å². The molecule has 3 nitrogen and oxygen atoms in total. The van der Waals surface area contributed by atoms with Gasteiger partial charge in [0.25, 0.3) is 0 Å². The van der Waals surface area contributed by atoms with Crippen molar-refractivity contribution in [3.8, 4) is 0 Å². The smallest absolute Gasteiger partial charge is 0.170 e. The molecule has 0 spiro atoms. The largest absolute Gasteiger partial charge is 0.350 e. The van der Waals surface area contributed by atoms with Gasteiger partial charge in [-0.25, -0.2) is 0 Å². The summed E-state index contributed by atoms with van der Waals surface area (Å²) in [6.07, 6.45) is 8.92. The summed E-state index contributed by atoms with van der Waals surface area (Å²) >= 11 is 5.41. The minimum atomic E-state index is 0.505. The topological polar surface area (TPSA) is 18.5 Å². The summed E-state index contributed by atoms with van der Waals surface area (Å²) in [4.78, 5) is 5.04. The van der Waals surface area contributed by atoms with Gasteiger partial charge in [0, 0.05) is 12.1 Å². The second-order valence-corrected chi connectivity index (χ2v) is 7.71. The molecule has 0 aromatic rings. The summed E-state index contributed by atoms with van der Waals surface area (Å²) in [5.74, 6) is 3.07. The fourth-order valence-electron chi connectivity index (χ4n) is 5.61. The second kappa shape index (κ2) is 4.32. The van der Waals surface area contributed by atoms with Crippen LogP contribution in [0.25, 0.3) is 0 Å². The van der Waals surface area contributed by atoms with Crippen LogP contribution in [0.3, 0.4) is 0 Å². The highest BCUT2D eigenvalue weighted by Gasteiger charge is 2.54. The van der Waals surface area contributed by atoms with Crippen molar-refractivity contribution < 1.29 is 0 Å². The first-order valence-electron chi connectivity index (χ1n) is 7.96. The molecule has 0 amide bonds. The molecule has 1 N–H and O–H groups in total. The van der Waals surface area contributed by atoms with Gasteiger partial charge in [0.2, 0.25) is 0 Å². The zero-order valence-corrected chi connectivity index (χ0v) is 12.7. The lowest BCUT2D eigenvalue weighted by molar-refractivity contribution is -0.105. The van der Waals surface area contributed by atoms with Gasteiger partial charge in [-0.1, -0.05) is 0 Å². The molecule has 19 heavy (non-hydrogen) atoms. The number of rotatable bonds is 2. The van der Waals surface area contributed by atoms with Gasteiger partial charge >= 0.3 is 0 Å². The van der Waals surface area contributed by atoms with E-state index in [1.165, 1.54) is 38.5 Å². The first-order chi connectivity index (χ1) is 9.18. The first kappa shape index (κ1) is 12.4. The Morgan fingerprint density at radius 2 is 1.74 bits per heavy atom. The van der Waals surface area contributed by atoms with Gasteiger partial charge in [-0.15, -0.1) is 0 Å². The van der Waals surface area contributed by atoms with E-state index in [9.17, 15) is 0 Å².